The molecule has 0 aromatic heterocycles. The summed E-state index contributed by atoms with van der Waals surface area (Å²) in [5.74, 6) is 0.683. The van der Waals surface area contributed by atoms with Crippen LogP contribution in [0.25, 0.3) is 0 Å². The fourth-order valence-corrected chi connectivity index (χ4v) is 5.40. The molecular weight excluding hydrogens is 238 g/mol. The lowest BCUT2D eigenvalue weighted by molar-refractivity contribution is -0.0847. The second kappa shape index (κ2) is 4.21. The van der Waals surface area contributed by atoms with E-state index in [1.54, 1.807) is 0 Å². The molecule has 100 valence electrons. The van der Waals surface area contributed by atoms with Crippen LogP contribution < -0.4 is 5.73 Å². The Morgan fingerprint density at radius 3 is 2.29 bits per heavy atom. The Hall–Kier alpha value is -0.130. The van der Waals surface area contributed by atoms with Crippen molar-refractivity contribution in [3.8, 4) is 0 Å². The number of aliphatic hydroxyl groups is 1. The molecule has 3 N–H and O–H groups in total. The summed E-state index contributed by atoms with van der Waals surface area (Å²) in [6.07, 6.45) is 4.16. The van der Waals surface area contributed by atoms with Gasteiger partial charge in [0.1, 0.15) is 0 Å². The van der Waals surface area contributed by atoms with Gasteiger partial charge in [-0.05, 0) is 25.2 Å². The van der Waals surface area contributed by atoms with Gasteiger partial charge in [-0.25, -0.2) is 8.42 Å². The van der Waals surface area contributed by atoms with Gasteiger partial charge in [-0.1, -0.05) is 19.8 Å². The molecule has 17 heavy (non-hydrogen) atoms. The first-order valence-corrected chi connectivity index (χ1v) is 8.28. The molecule has 1 aliphatic heterocycles. The molecule has 1 unspecified atom stereocenters. The SMILES string of the molecule is CC1CCC(CN)(C2(O)CCS(=O)(=O)C2)CC1. The fourth-order valence-electron chi connectivity index (χ4n) is 3.42. The third-order valence-electron chi connectivity index (χ3n) is 4.89. The maximum Gasteiger partial charge on any atom is 0.153 e. The van der Waals surface area contributed by atoms with E-state index in [4.69, 9.17) is 5.73 Å². The zero-order chi connectivity index (χ0) is 12.7. The van der Waals surface area contributed by atoms with Crippen LogP contribution in [-0.2, 0) is 9.84 Å². The predicted octanol–water partition coefficient (Wildman–Crippen LogP) is 0.691. The minimum atomic E-state index is -3.07. The highest BCUT2D eigenvalue weighted by Crippen LogP contribution is 2.49. The minimum Gasteiger partial charge on any atom is -0.388 e. The van der Waals surface area contributed by atoms with E-state index in [0.29, 0.717) is 18.9 Å². The first-order valence-electron chi connectivity index (χ1n) is 6.45. The third kappa shape index (κ3) is 2.25. The maximum absolute atomic E-state index is 11.6. The Labute approximate surface area is 104 Å². The Balaban J connectivity index is 2.24. The summed E-state index contributed by atoms with van der Waals surface area (Å²) in [5.41, 5.74) is 4.43. The summed E-state index contributed by atoms with van der Waals surface area (Å²) < 4.78 is 23.2. The van der Waals surface area contributed by atoms with Crippen molar-refractivity contribution >= 4 is 9.84 Å². The van der Waals surface area contributed by atoms with Crippen molar-refractivity contribution in [1.29, 1.82) is 0 Å². The van der Waals surface area contributed by atoms with Crippen molar-refractivity contribution in [2.24, 2.45) is 17.1 Å². The Morgan fingerprint density at radius 2 is 1.88 bits per heavy atom. The van der Waals surface area contributed by atoms with E-state index in [2.05, 4.69) is 6.92 Å². The highest BCUT2D eigenvalue weighted by molar-refractivity contribution is 7.91. The molecule has 0 bridgehead atoms. The number of hydrogen-bond donors (Lipinski definition) is 2. The summed E-state index contributed by atoms with van der Waals surface area (Å²) in [5, 5.41) is 10.7. The van der Waals surface area contributed by atoms with Crippen molar-refractivity contribution < 1.29 is 13.5 Å². The number of nitrogens with two attached hydrogens (primary N) is 1. The van der Waals surface area contributed by atoms with Crippen molar-refractivity contribution in [2.45, 2.75) is 44.6 Å². The Bertz CT molecular complexity index is 385. The van der Waals surface area contributed by atoms with Gasteiger partial charge >= 0.3 is 0 Å². The number of sulfone groups is 1. The molecule has 1 aliphatic carbocycles. The van der Waals surface area contributed by atoms with Crippen LogP contribution in [0.5, 0.6) is 0 Å². The first kappa shape index (κ1) is 13.3. The minimum absolute atomic E-state index is 0.0917. The van der Waals surface area contributed by atoms with Gasteiger partial charge in [-0.2, -0.15) is 0 Å². The fraction of sp³-hybridized carbons (Fsp3) is 1.00. The summed E-state index contributed by atoms with van der Waals surface area (Å²) in [6.45, 7) is 2.60. The van der Waals surface area contributed by atoms with Crippen molar-refractivity contribution in [1.82, 2.24) is 0 Å². The van der Waals surface area contributed by atoms with E-state index in [-0.39, 0.29) is 16.9 Å². The molecule has 1 heterocycles. The van der Waals surface area contributed by atoms with Crippen LogP contribution in [0.2, 0.25) is 0 Å². The van der Waals surface area contributed by atoms with Gasteiger partial charge in [0.2, 0.25) is 0 Å². The Morgan fingerprint density at radius 1 is 1.29 bits per heavy atom. The molecular formula is C12H23NO3S. The molecule has 0 aromatic carbocycles. The maximum atomic E-state index is 11.6. The van der Waals surface area contributed by atoms with Crippen LogP contribution in [0.3, 0.4) is 0 Å². The topological polar surface area (TPSA) is 80.4 Å². The normalized spacial score (nSPS) is 45.9. The number of hydrogen-bond acceptors (Lipinski definition) is 4. The van der Waals surface area contributed by atoms with Gasteiger partial charge in [0, 0.05) is 12.0 Å². The van der Waals surface area contributed by atoms with Crippen LogP contribution in [0.1, 0.15) is 39.0 Å². The first-order chi connectivity index (χ1) is 7.83. The molecule has 0 radical (unpaired) electrons. The molecule has 1 saturated carbocycles. The van der Waals surface area contributed by atoms with Crippen molar-refractivity contribution in [3.63, 3.8) is 0 Å². The predicted molar refractivity (Wildman–Crippen MR) is 67.3 cm³/mol. The van der Waals surface area contributed by atoms with Crippen molar-refractivity contribution in [2.75, 3.05) is 18.1 Å². The van der Waals surface area contributed by atoms with Crippen molar-refractivity contribution in [3.05, 3.63) is 0 Å². The summed E-state index contributed by atoms with van der Waals surface area (Å²) >= 11 is 0. The lowest BCUT2D eigenvalue weighted by Crippen LogP contribution is -2.55. The molecule has 2 fully saturated rings. The molecule has 1 saturated heterocycles. The van der Waals surface area contributed by atoms with Crippen LogP contribution in [0.15, 0.2) is 0 Å². The van der Waals surface area contributed by atoms with E-state index in [1.165, 1.54) is 0 Å². The van der Waals surface area contributed by atoms with Crippen LogP contribution in [0, 0.1) is 11.3 Å². The van der Waals surface area contributed by atoms with Gasteiger partial charge in [0.25, 0.3) is 0 Å². The van der Waals surface area contributed by atoms with Gasteiger partial charge in [0.05, 0.1) is 17.1 Å². The zero-order valence-corrected chi connectivity index (χ0v) is 11.3. The quantitative estimate of drug-likeness (QED) is 0.766. The summed E-state index contributed by atoms with van der Waals surface area (Å²) in [4.78, 5) is 0. The van der Waals surface area contributed by atoms with E-state index in [0.717, 1.165) is 25.7 Å². The van der Waals surface area contributed by atoms with Gasteiger partial charge in [-0.15, -0.1) is 0 Å². The zero-order valence-electron chi connectivity index (χ0n) is 10.5. The molecule has 5 heteroatoms. The molecule has 1 atom stereocenters. The average molecular weight is 261 g/mol. The molecule has 0 amide bonds. The smallest absolute Gasteiger partial charge is 0.153 e. The lowest BCUT2D eigenvalue weighted by Gasteiger charge is -2.48. The van der Waals surface area contributed by atoms with Crippen LogP contribution in [0.4, 0.5) is 0 Å². The number of rotatable bonds is 2. The van der Waals surface area contributed by atoms with E-state index in [1.807, 2.05) is 0 Å². The lowest BCUT2D eigenvalue weighted by atomic mass is 9.61. The van der Waals surface area contributed by atoms with Gasteiger partial charge in [-0.3, -0.25) is 0 Å². The molecule has 2 aliphatic rings. The van der Waals surface area contributed by atoms with Crippen LogP contribution >= 0.6 is 0 Å². The summed E-state index contributed by atoms with van der Waals surface area (Å²) in [6, 6.07) is 0. The molecule has 0 aromatic rings. The monoisotopic (exact) mass is 261 g/mol. The molecule has 0 spiro atoms. The molecule has 4 nitrogen and oxygen atoms in total. The van der Waals surface area contributed by atoms with E-state index < -0.39 is 15.4 Å². The van der Waals surface area contributed by atoms with Gasteiger partial charge in [0.15, 0.2) is 9.84 Å². The standard InChI is InChI=1S/C12H23NO3S/c1-10-2-4-11(8-13,5-3-10)12(14)6-7-17(15,16)9-12/h10,14H,2-9,13H2,1H3. The van der Waals surface area contributed by atoms with E-state index >= 15 is 0 Å². The second-order valence-electron chi connectivity index (χ2n) is 6.04. The second-order valence-corrected chi connectivity index (χ2v) is 8.22. The largest absolute Gasteiger partial charge is 0.388 e. The molecule has 2 rings (SSSR count). The van der Waals surface area contributed by atoms with Gasteiger partial charge < -0.3 is 10.8 Å². The Kier molecular flexibility index (Phi) is 3.30. The van der Waals surface area contributed by atoms with Crippen LogP contribution in [-0.4, -0.2) is 37.2 Å². The highest BCUT2D eigenvalue weighted by atomic mass is 32.2. The average Bonchev–Trinajstić information content (AvgIpc) is 2.56. The third-order valence-corrected chi connectivity index (χ3v) is 6.64. The highest BCUT2D eigenvalue weighted by Gasteiger charge is 2.55. The summed E-state index contributed by atoms with van der Waals surface area (Å²) in [7, 11) is -3.07. The van der Waals surface area contributed by atoms with E-state index in [9.17, 15) is 13.5 Å².